The fraction of sp³-hybridized carbons (Fsp3) is 0.417. The number of rotatable bonds is 2. The first-order chi connectivity index (χ1) is 6.47. The van der Waals surface area contributed by atoms with Gasteiger partial charge in [0, 0.05) is 6.42 Å². The van der Waals surface area contributed by atoms with E-state index in [1.54, 1.807) is 0 Å². The Labute approximate surface area is 90.8 Å². The maximum absolute atomic E-state index is 6.05. The lowest BCUT2D eigenvalue weighted by molar-refractivity contribution is 0.436. The van der Waals surface area contributed by atoms with Crippen molar-refractivity contribution in [3.63, 3.8) is 0 Å². The van der Waals surface area contributed by atoms with Crippen LogP contribution in [0.3, 0.4) is 0 Å². The van der Waals surface area contributed by atoms with Crippen molar-refractivity contribution in [3.8, 4) is 0 Å². The number of hydrogen-bond acceptors (Lipinski definition) is 1. The van der Waals surface area contributed by atoms with E-state index >= 15 is 0 Å². The van der Waals surface area contributed by atoms with Crippen molar-refractivity contribution in [1.82, 2.24) is 0 Å². The van der Waals surface area contributed by atoms with E-state index in [-0.39, 0.29) is 5.41 Å². The summed E-state index contributed by atoms with van der Waals surface area (Å²) in [6, 6.07) is 9.78. The Morgan fingerprint density at radius 2 is 1.79 bits per heavy atom. The van der Waals surface area contributed by atoms with Crippen LogP contribution in [0, 0.1) is 5.41 Å². The van der Waals surface area contributed by atoms with Crippen LogP contribution < -0.4 is 0 Å². The highest BCUT2D eigenvalue weighted by atomic mass is 35.5. The average molecular weight is 210 g/mol. The van der Waals surface area contributed by atoms with Gasteiger partial charge < -0.3 is 0 Å². The molecule has 14 heavy (non-hydrogen) atoms. The van der Waals surface area contributed by atoms with E-state index in [4.69, 9.17) is 11.6 Å². The second kappa shape index (κ2) is 4.61. The molecule has 0 radical (unpaired) electrons. The summed E-state index contributed by atoms with van der Waals surface area (Å²) in [7, 11) is 0. The zero-order valence-electron chi connectivity index (χ0n) is 8.92. The Hall–Kier alpha value is -0.820. The Morgan fingerprint density at radius 1 is 1.21 bits per heavy atom. The molecule has 1 rings (SSSR count). The third-order valence-electron chi connectivity index (χ3n) is 1.68. The molecule has 0 aliphatic rings. The number of para-hydroxylation sites is 1. The van der Waals surface area contributed by atoms with Gasteiger partial charge in [-0.25, -0.2) is 4.99 Å². The molecular weight excluding hydrogens is 194 g/mol. The Morgan fingerprint density at radius 3 is 2.29 bits per heavy atom. The van der Waals surface area contributed by atoms with Crippen LogP contribution in [0.2, 0.25) is 0 Å². The van der Waals surface area contributed by atoms with Gasteiger partial charge in [0.1, 0.15) is 5.17 Å². The van der Waals surface area contributed by atoms with E-state index in [0.717, 1.165) is 12.1 Å². The van der Waals surface area contributed by atoms with Crippen LogP contribution in [-0.4, -0.2) is 5.17 Å². The molecule has 76 valence electrons. The summed E-state index contributed by atoms with van der Waals surface area (Å²) in [5.74, 6) is 0. The summed E-state index contributed by atoms with van der Waals surface area (Å²) in [6.07, 6.45) is 0.809. The minimum atomic E-state index is 0.190. The van der Waals surface area contributed by atoms with E-state index in [1.807, 2.05) is 30.3 Å². The molecule has 1 aromatic rings. The quantitative estimate of drug-likeness (QED) is 0.641. The van der Waals surface area contributed by atoms with Crippen molar-refractivity contribution >= 4 is 22.5 Å². The molecule has 1 nitrogen and oxygen atoms in total. The van der Waals surface area contributed by atoms with Crippen molar-refractivity contribution < 1.29 is 0 Å². The van der Waals surface area contributed by atoms with Crippen molar-refractivity contribution in [3.05, 3.63) is 30.3 Å². The number of aliphatic imine (C=N–C) groups is 1. The Kier molecular flexibility index (Phi) is 3.70. The van der Waals surface area contributed by atoms with Gasteiger partial charge in [0.25, 0.3) is 0 Å². The maximum Gasteiger partial charge on any atom is 0.107 e. The molecule has 0 atom stereocenters. The molecule has 0 aliphatic heterocycles. The topological polar surface area (TPSA) is 12.4 Å². The molecule has 0 saturated heterocycles. The zero-order valence-corrected chi connectivity index (χ0v) is 9.67. The summed E-state index contributed by atoms with van der Waals surface area (Å²) in [5.41, 5.74) is 1.11. The summed E-state index contributed by atoms with van der Waals surface area (Å²) in [5, 5.41) is 0.670. The van der Waals surface area contributed by atoms with Crippen molar-refractivity contribution in [2.45, 2.75) is 27.2 Å². The molecule has 0 saturated carbocycles. The predicted octanol–water partition coefficient (Wildman–Crippen LogP) is 4.39. The molecule has 0 amide bonds. The van der Waals surface area contributed by atoms with E-state index in [9.17, 15) is 0 Å². The predicted molar refractivity (Wildman–Crippen MR) is 63.5 cm³/mol. The summed E-state index contributed by atoms with van der Waals surface area (Å²) >= 11 is 6.05. The molecule has 0 heterocycles. The summed E-state index contributed by atoms with van der Waals surface area (Å²) in [6.45, 7) is 6.45. The third-order valence-corrected chi connectivity index (χ3v) is 1.90. The van der Waals surface area contributed by atoms with Gasteiger partial charge >= 0.3 is 0 Å². The minimum Gasteiger partial charge on any atom is -0.241 e. The SMILES string of the molecule is CC(C)(C)CC(Cl)=Nc1ccccc1. The number of benzene rings is 1. The van der Waals surface area contributed by atoms with E-state index < -0.39 is 0 Å². The molecule has 0 bridgehead atoms. The first kappa shape index (κ1) is 11.3. The van der Waals surface area contributed by atoms with Crippen LogP contribution in [0.15, 0.2) is 35.3 Å². The van der Waals surface area contributed by atoms with Gasteiger partial charge in [-0.05, 0) is 17.5 Å². The molecule has 0 spiro atoms. The van der Waals surface area contributed by atoms with Crippen molar-refractivity contribution in [2.24, 2.45) is 10.4 Å². The van der Waals surface area contributed by atoms with Crippen LogP contribution in [-0.2, 0) is 0 Å². The van der Waals surface area contributed by atoms with E-state index in [0.29, 0.717) is 5.17 Å². The van der Waals surface area contributed by atoms with E-state index in [2.05, 4.69) is 25.8 Å². The standard InChI is InChI=1S/C12H16ClN/c1-12(2,3)9-11(13)14-10-7-5-4-6-8-10/h4-8H,9H2,1-3H3. The highest BCUT2D eigenvalue weighted by Crippen LogP contribution is 2.22. The molecule has 0 fully saturated rings. The second-order valence-corrected chi connectivity index (χ2v) is 5.00. The Balaban J connectivity index is 2.70. The van der Waals surface area contributed by atoms with Crippen LogP contribution in [0.1, 0.15) is 27.2 Å². The first-order valence-corrected chi connectivity index (χ1v) is 5.13. The molecule has 0 aliphatic carbocycles. The highest BCUT2D eigenvalue weighted by molar-refractivity contribution is 6.65. The first-order valence-electron chi connectivity index (χ1n) is 4.75. The van der Waals surface area contributed by atoms with Gasteiger partial charge in [-0.15, -0.1) is 0 Å². The highest BCUT2D eigenvalue weighted by Gasteiger charge is 2.12. The maximum atomic E-state index is 6.05. The van der Waals surface area contributed by atoms with E-state index in [1.165, 1.54) is 0 Å². The largest absolute Gasteiger partial charge is 0.241 e. The van der Waals surface area contributed by atoms with Crippen LogP contribution in [0.5, 0.6) is 0 Å². The molecule has 0 aromatic heterocycles. The number of nitrogens with zero attached hydrogens (tertiary/aromatic N) is 1. The van der Waals surface area contributed by atoms with Crippen LogP contribution in [0.4, 0.5) is 5.69 Å². The smallest absolute Gasteiger partial charge is 0.107 e. The second-order valence-electron chi connectivity index (χ2n) is 4.56. The van der Waals surface area contributed by atoms with Gasteiger partial charge in [-0.2, -0.15) is 0 Å². The van der Waals surface area contributed by atoms with Crippen molar-refractivity contribution in [1.29, 1.82) is 0 Å². The fourth-order valence-corrected chi connectivity index (χ4v) is 1.62. The zero-order chi connectivity index (χ0) is 10.6. The normalized spacial score (nSPS) is 13.0. The van der Waals surface area contributed by atoms with Crippen LogP contribution >= 0.6 is 11.6 Å². The molecule has 2 heteroatoms. The molecule has 0 unspecified atom stereocenters. The minimum absolute atomic E-state index is 0.190. The van der Waals surface area contributed by atoms with Gasteiger partial charge in [0.2, 0.25) is 0 Å². The van der Waals surface area contributed by atoms with Gasteiger partial charge in [0.15, 0.2) is 0 Å². The van der Waals surface area contributed by atoms with Gasteiger partial charge in [-0.3, -0.25) is 0 Å². The molecule has 1 aromatic carbocycles. The van der Waals surface area contributed by atoms with Crippen molar-refractivity contribution in [2.75, 3.05) is 0 Å². The molecular formula is C12H16ClN. The average Bonchev–Trinajstić information content (AvgIpc) is 2.02. The van der Waals surface area contributed by atoms with Gasteiger partial charge in [0.05, 0.1) is 5.69 Å². The third kappa shape index (κ3) is 4.43. The lowest BCUT2D eigenvalue weighted by atomic mass is 9.93. The number of halogens is 1. The fourth-order valence-electron chi connectivity index (χ4n) is 1.12. The van der Waals surface area contributed by atoms with Gasteiger partial charge in [-0.1, -0.05) is 50.6 Å². The summed E-state index contributed by atoms with van der Waals surface area (Å²) in [4.78, 5) is 4.33. The van der Waals surface area contributed by atoms with Crippen LogP contribution in [0.25, 0.3) is 0 Å². The monoisotopic (exact) mass is 209 g/mol. The summed E-state index contributed by atoms with van der Waals surface area (Å²) < 4.78 is 0. The lowest BCUT2D eigenvalue weighted by Gasteiger charge is -2.16. The molecule has 0 N–H and O–H groups in total. The number of hydrogen-bond donors (Lipinski definition) is 0. The Bertz CT molecular complexity index is 309. The lowest BCUT2D eigenvalue weighted by Crippen LogP contribution is -2.08.